The Kier molecular flexibility index (Phi) is 11.3. The van der Waals surface area contributed by atoms with Crippen LogP contribution in [0.5, 0.6) is 0 Å². The Balaban J connectivity index is 0.00000441. The summed E-state index contributed by atoms with van der Waals surface area (Å²) in [5.74, 6) is -0.730. The molecule has 0 aromatic carbocycles. The van der Waals surface area contributed by atoms with Crippen molar-refractivity contribution in [3.05, 3.63) is 0 Å². The van der Waals surface area contributed by atoms with Crippen LogP contribution in [-0.2, 0) is 9.59 Å². The number of aliphatic carboxylic acids is 1. The number of piperidine rings is 1. The van der Waals surface area contributed by atoms with E-state index in [0.29, 0.717) is 19.4 Å². The summed E-state index contributed by atoms with van der Waals surface area (Å²) < 4.78 is 0. The quantitative estimate of drug-likeness (QED) is 0.704. The number of nitrogens with zero attached hydrogens (tertiary/aromatic N) is 2. The minimum Gasteiger partial charge on any atom is -0.481 e. The molecule has 0 aliphatic carbocycles. The highest BCUT2D eigenvalue weighted by Crippen LogP contribution is 2.17. The molecule has 0 bridgehead atoms. The van der Waals surface area contributed by atoms with Gasteiger partial charge in [-0.1, -0.05) is 26.7 Å². The maximum Gasteiger partial charge on any atom is 0.306 e. The SMILES string of the molecule is CCCCN(CCCC)C(=O)CN1CCC(C(=O)O)CC1.Cl. The first-order chi connectivity index (χ1) is 10.1. The molecule has 0 aromatic rings. The highest BCUT2D eigenvalue weighted by atomic mass is 35.5. The lowest BCUT2D eigenvalue weighted by molar-refractivity contribution is -0.143. The second kappa shape index (κ2) is 11.7. The third-order valence-electron chi connectivity index (χ3n) is 4.21. The maximum absolute atomic E-state index is 12.4. The molecule has 1 aliphatic heterocycles. The van der Waals surface area contributed by atoms with Gasteiger partial charge in [0.25, 0.3) is 0 Å². The topological polar surface area (TPSA) is 60.9 Å². The normalized spacial score (nSPS) is 16.1. The first kappa shape index (κ1) is 21.2. The van der Waals surface area contributed by atoms with E-state index in [1.54, 1.807) is 0 Å². The van der Waals surface area contributed by atoms with Crippen molar-refractivity contribution in [2.24, 2.45) is 5.92 Å². The molecule has 0 aromatic heterocycles. The molecular formula is C16H31ClN2O3. The number of hydrogen-bond donors (Lipinski definition) is 1. The van der Waals surface area contributed by atoms with E-state index < -0.39 is 5.97 Å². The fourth-order valence-electron chi connectivity index (χ4n) is 2.69. The van der Waals surface area contributed by atoms with E-state index in [4.69, 9.17) is 5.11 Å². The van der Waals surface area contributed by atoms with Crippen LogP contribution in [0.4, 0.5) is 0 Å². The van der Waals surface area contributed by atoms with E-state index in [-0.39, 0.29) is 24.2 Å². The predicted octanol–water partition coefficient (Wildman–Crippen LogP) is 2.63. The minimum absolute atomic E-state index is 0. The summed E-state index contributed by atoms with van der Waals surface area (Å²) >= 11 is 0. The van der Waals surface area contributed by atoms with Crippen LogP contribution in [0.25, 0.3) is 0 Å². The third-order valence-corrected chi connectivity index (χ3v) is 4.21. The van der Waals surface area contributed by atoms with Crippen LogP contribution < -0.4 is 0 Å². The predicted molar refractivity (Wildman–Crippen MR) is 90.4 cm³/mol. The zero-order valence-corrected chi connectivity index (χ0v) is 14.7. The summed E-state index contributed by atoms with van der Waals surface area (Å²) in [5, 5.41) is 9.00. The van der Waals surface area contributed by atoms with Crippen LogP contribution in [0.3, 0.4) is 0 Å². The first-order valence-electron chi connectivity index (χ1n) is 8.31. The molecule has 1 saturated heterocycles. The Morgan fingerprint density at radius 3 is 2.00 bits per heavy atom. The number of carboxylic acids is 1. The Labute approximate surface area is 140 Å². The van der Waals surface area contributed by atoms with Crippen molar-refractivity contribution in [1.29, 1.82) is 0 Å². The number of rotatable bonds is 9. The van der Waals surface area contributed by atoms with Crippen molar-refractivity contribution in [2.45, 2.75) is 52.4 Å². The van der Waals surface area contributed by atoms with Crippen molar-refractivity contribution in [3.8, 4) is 0 Å². The summed E-state index contributed by atoms with van der Waals surface area (Å²) in [6.45, 7) is 7.86. The number of likely N-dealkylation sites (tertiary alicyclic amines) is 1. The summed E-state index contributed by atoms with van der Waals surface area (Å²) in [4.78, 5) is 27.4. The minimum atomic E-state index is -0.700. The number of carboxylic acid groups (broad SMARTS) is 1. The van der Waals surface area contributed by atoms with Gasteiger partial charge in [-0.25, -0.2) is 0 Å². The molecule has 6 heteroatoms. The number of carbonyl (C=O) groups is 2. The van der Waals surface area contributed by atoms with Gasteiger partial charge < -0.3 is 10.0 Å². The standard InChI is InChI=1S/C16H30N2O3.ClH/c1-3-5-9-18(10-6-4-2)15(19)13-17-11-7-14(8-12-17)16(20)21;/h14H,3-13H2,1-2H3,(H,20,21);1H. The van der Waals surface area contributed by atoms with Crippen molar-refractivity contribution >= 4 is 24.3 Å². The number of amides is 1. The van der Waals surface area contributed by atoms with Crippen molar-refractivity contribution in [2.75, 3.05) is 32.7 Å². The van der Waals surface area contributed by atoms with Crippen LogP contribution in [0, 0.1) is 5.92 Å². The highest BCUT2D eigenvalue weighted by molar-refractivity contribution is 5.85. The van der Waals surface area contributed by atoms with Gasteiger partial charge in [0.05, 0.1) is 12.5 Å². The molecule has 0 saturated carbocycles. The van der Waals surface area contributed by atoms with Crippen LogP contribution in [0.15, 0.2) is 0 Å². The fourth-order valence-corrected chi connectivity index (χ4v) is 2.69. The monoisotopic (exact) mass is 334 g/mol. The summed E-state index contributed by atoms with van der Waals surface area (Å²) in [5.41, 5.74) is 0. The van der Waals surface area contributed by atoms with Crippen LogP contribution in [0.2, 0.25) is 0 Å². The van der Waals surface area contributed by atoms with E-state index in [0.717, 1.165) is 51.9 Å². The third kappa shape index (κ3) is 7.45. The second-order valence-electron chi connectivity index (χ2n) is 5.98. The van der Waals surface area contributed by atoms with Gasteiger partial charge in [0.1, 0.15) is 0 Å². The van der Waals surface area contributed by atoms with E-state index in [1.807, 2.05) is 4.90 Å². The number of halogens is 1. The van der Waals surface area contributed by atoms with E-state index in [9.17, 15) is 9.59 Å². The van der Waals surface area contributed by atoms with Crippen LogP contribution >= 0.6 is 12.4 Å². The van der Waals surface area contributed by atoms with Crippen LogP contribution in [0.1, 0.15) is 52.4 Å². The van der Waals surface area contributed by atoms with Crippen molar-refractivity contribution < 1.29 is 14.7 Å². The molecule has 1 aliphatic rings. The lowest BCUT2D eigenvalue weighted by atomic mass is 9.97. The van der Waals surface area contributed by atoms with Crippen molar-refractivity contribution in [1.82, 2.24) is 9.80 Å². The average molecular weight is 335 g/mol. The molecule has 0 unspecified atom stereocenters. The molecule has 5 nitrogen and oxygen atoms in total. The number of carbonyl (C=O) groups excluding carboxylic acids is 1. The largest absolute Gasteiger partial charge is 0.481 e. The highest BCUT2D eigenvalue weighted by Gasteiger charge is 2.26. The van der Waals surface area contributed by atoms with Gasteiger partial charge in [0, 0.05) is 13.1 Å². The Morgan fingerprint density at radius 1 is 1.09 bits per heavy atom. The van der Waals surface area contributed by atoms with Gasteiger partial charge in [0.2, 0.25) is 5.91 Å². The Bertz CT molecular complexity index is 323. The molecule has 130 valence electrons. The molecule has 0 radical (unpaired) electrons. The van der Waals surface area contributed by atoms with Crippen LogP contribution in [-0.4, -0.2) is 59.5 Å². The smallest absolute Gasteiger partial charge is 0.306 e. The summed E-state index contributed by atoms with van der Waals surface area (Å²) in [6.07, 6.45) is 5.62. The average Bonchev–Trinajstić information content (AvgIpc) is 2.47. The van der Waals surface area contributed by atoms with Gasteiger partial charge in [-0.3, -0.25) is 14.5 Å². The van der Waals surface area contributed by atoms with E-state index in [1.165, 1.54) is 0 Å². The molecule has 22 heavy (non-hydrogen) atoms. The zero-order valence-electron chi connectivity index (χ0n) is 13.9. The summed E-state index contributed by atoms with van der Waals surface area (Å²) in [6, 6.07) is 0. The maximum atomic E-state index is 12.4. The molecule has 1 rings (SSSR count). The lowest BCUT2D eigenvalue weighted by Gasteiger charge is -2.31. The van der Waals surface area contributed by atoms with Crippen molar-refractivity contribution in [3.63, 3.8) is 0 Å². The van der Waals surface area contributed by atoms with E-state index >= 15 is 0 Å². The van der Waals surface area contributed by atoms with E-state index in [2.05, 4.69) is 18.7 Å². The fraction of sp³-hybridized carbons (Fsp3) is 0.875. The first-order valence-corrected chi connectivity index (χ1v) is 8.31. The molecular weight excluding hydrogens is 304 g/mol. The van der Waals surface area contributed by atoms with Gasteiger partial charge in [0.15, 0.2) is 0 Å². The Morgan fingerprint density at radius 2 is 1.59 bits per heavy atom. The molecule has 0 atom stereocenters. The molecule has 0 spiro atoms. The molecule has 1 amide bonds. The number of unbranched alkanes of at least 4 members (excludes halogenated alkanes) is 2. The van der Waals surface area contributed by atoms with Gasteiger partial charge in [-0.15, -0.1) is 12.4 Å². The Hall–Kier alpha value is -0.810. The van der Waals surface area contributed by atoms with Gasteiger partial charge in [-0.2, -0.15) is 0 Å². The zero-order chi connectivity index (χ0) is 15.7. The second-order valence-corrected chi connectivity index (χ2v) is 5.98. The molecule has 1 N–H and O–H groups in total. The van der Waals surface area contributed by atoms with Gasteiger partial charge in [-0.05, 0) is 38.8 Å². The lowest BCUT2D eigenvalue weighted by Crippen LogP contribution is -2.44. The summed E-state index contributed by atoms with van der Waals surface area (Å²) in [7, 11) is 0. The number of hydrogen-bond acceptors (Lipinski definition) is 3. The molecule has 1 heterocycles. The molecule has 1 fully saturated rings. The van der Waals surface area contributed by atoms with Gasteiger partial charge >= 0.3 is 5.97 Å².